The van der Waals surface area contributed by atoms with E-state index in [0.29, 0.717) is 17.2 Å². The van der Waals surface area contributed by atoms with Crippen LogP contribution in [-0.4, -0.2) is 31.9 Å². The summed E-state index contributed by atoms with van der Waals surface area (Å²) in [6.45, 7) is 1.68. The molecule has 0 spiro atoms. The second-order valence-electron chi connectivity index (χ2n) is 4.16. The highest BCUT2D eigenvalue weighted by atomic mass is 19.3. The molecule has 3 aromatic heterocycles. The molecule has 1 amide bonds. The fraction of sp³-hybridized carbons (Fsp3) is 0.167. The first-order chi connectivity index (χ1) is 10.0. The molecule has 0 fully saturated rings. The summed E-state index contributed by atoms with van der Waals surface area (Å²) in [6, 6.07) is 4.64. The number of fused-ring (bicyclic) bond motifs is 1. The Hall–Kier alpha value is -2.84. The van der Waals surface area contributed by atoms with Crippen LogP contribution in [0, 0.1) is 6.92 Å². The van der Waals surface area contributed by atoms with E-state index in [1.807, 2.05) is 5.32 Å². The van der Waals surface area contributed by atoms with Crippen molar-refractivity contribution in [2.24, 2.45) is 0 Å². The number of alkyl halides is 2. The highest BCUT2D eigenvalue weighted by molar-refractivity contribution is 5.92. The molecule has 0 saturated heterocycles. The van der Waals surface area contributed by atoms with Gasteiger partial charge in [-0.05, 0) is 19.1 Å². The number of nitrogens with one attached hydrogen (secondary N) is 1. The Labute approximate surface area is 116 Å². The molecule has 3 aromatic rings. The van der Waals surface area contributed by atoms with E-state index in [1.165, 1.54) is 16.8 Å². The van der Waals surface area contributed by atoms with Gasteiger partial charge < -0.3 is 9.73 Å². The van der Waals surface area contributed by atoms with Gasteiger partial charge in [0.15, 0.2) is 11.4 Å². The van der Waals surface area contributed by atoms with Gasteiger partial charge in [-0.15, -0.1) is 5.10 Å². The van der Waals surface area contributed by atoms with E-state index in [-0.39, 0.29) is 11.6 Å². The molecule has 0 aliphatic carbocycles. The predicted octanol–water partition coefficient (Wildman–Crippen LogP) is 1.90. The molecule has 0 saturated carbocycles. The van der Waals surface area contributed by atoms with Crippen molar-refractivity contribution in [1.29, 1.82) is 0 Å². The van der Waals surface area contributed by atoms with Crippen molar-refractivity contribution in [3.8, 4) is 11.6 Å². The van der Waals surface area contributed by atoms with E-state index in [9.17, 15) is 13.6 Å². The minimum atomic E-state index is -3.13. The minimum Gasteiger partial charge on any atom is -0.461 e. The van der Waals surface area contributed by atoms with Crippen molar-refractivity contribution in [2.45, 2.75) is 13.3 Å². The Morgan fingerprint density at radius 3 is 2.90 bits per heavy atom. The minimum absolute atomic E-state index is 0.0494. The number of nitrogens with zero attached hydrogens (tertiary/aromatic N) is 4. The van der Waals surface area contributed by atoms with Crippen LogP contribution < -0.4 is 5.32 Å². The molecule has 0 atom stereocenters. The SMILES string of the molecule is Cc1nc2cc(NC(=O)C(F)F)nc(-c3ccco3)n2n1. The summed E-state index contributed by atoms with van der Waals surface area (Å²) in [5.74, 6) is -0.386. The lowest BCUT2D eigenvalue weighted by molar-refractivity contribution is -0.126. The zero-order valence-corrected chi connectivity index (χ0v) is 10.7. The van der Waals surface area contributed by atoms with Gasteiger partial charge in [0.2, 0.25) is 5.82 Å². The molecule has 0 aliphatic rings. The van der Waals surface area contributed by atoms with Gasteiger partial charge in [-0.25, -0.2) is 9.97 Å². The molecular weight excluding hydrogens is 284 g/mol. The smallest absolute Gasteiger partial charge is 0.315 e. The number of carbonyl (C=O) groups excluding carboxylic acids is 1. The van der Waals surface area contributed by atoms with Crippen molar-refractivity contribution in [3.63, 3.8) is 0 Å². The molecule has 21 heavy (non-hydrogen) atoms. The average Bonchev–Trinajstić information content (AvgIpc) is 3.05. The number of carbonyl (C=O) groups is 1. The largest absolute Gasteiger partial charge is 0.461 e. The van der Waals surface area contributed by atoms with Gasteiger partial charge in [0.1, 0.15) is 11.6 Å². The Kier molecular flexibility index (Phi) is 3.09. The van der Waals surface area contributed by atoms with E-state index < -0.39 is 12.3 Å². The molecule has 0 unspecified atom stereocenters. The lowest BCUT2D eigenvalue weighted by Gasteiger charge is -2.06. The Balaban J connectivity index is 2.13. The first kappa shape index (κ1) is 13.2. The van der Waals surface area contributed by atoms with Gasteiger partial charge in [-0.3, -0.25) is 4.79 Å². The van der Waals surface area contributed by atoms with Crippen LogP contribution in [0.4, 0.5) is 14.6 Å². The zero-order chi connectivity index (χ0) is 15.0. The van der Waals surface area contributed by atoms with Crippen LogP contribution in [-0.2, 0) is 4.79 Å². The molecule has 1 N–H and O–H groups in total. The average molecular weight is 293 g/mol. The maximum Gasteiger partial charge on any atom is 0.315 e. The molecule has 9 heteroatoms. The number of hydrogen-bond donors (Lipinski definition) is 1. The molecule has 0 aliphatic heterocycles. The van der Waals surface area contributed by atoms with Crippen LogP contribution in [0.25, 0.3) is 17.2 Å². The van der Waals surface area contributed by atoms with Gasteiger partial charge in [-0.2, -0.15) is 13.3 Å². The van der Waals surface area contributed by atoms with Crippen molar-refractivity contribution >= 4 is 17.4 Å². The van der Waals surface area contributed by atoms with Gasteiger partial charge in [0.05, 0.1) is 6.26 Å². The van der Waals surface area contributed by atoms with Crippen molar-refractivity contribution in [2.75, 3.05) is 5.32 Å². The van der Waals surface area contributed by atoms with Crippen LogP contribution in [0.3, 0.4) is 0 Å². The third-order valence-corrected chi connectivity index (χ3v) is 2.62. The lowest BCUT2D eigenvalue weighted by Crippen LogP contribution is -2.21. The Morgan fingerprint density at radius 1 is 1.43 bits per heavy atom. The number of furan rings is 1. The first-order valence-electron chi connectivity index (χ1n) is 5.92. The van der Waals surface area contributed by atoms with Crippen LogP contribution in [0.5, 0.6) is 0 Å². The van der Waals surface area contributed by atoms with Crippen LogP contribution in [0.2, 0.25) is 0 Å². The van der Waals surface area contributed by atoms with Gasteiger partial charge in [-0.1, -0.05) is 0 Å². The van der Waals surface area contributed by atoms with E-state index in [2.05, 4.69) is 15.1 Å². The number of hydrogen-bond acceptors (Lipinski definition) is 5. The van der Waals surface area contributed by atoms with E-state index in [4.69, 9.17) is 4.42 Å². The summed E-state index contributed by atoms with van der Waals surface area (Å²) < 4.78 is 31.3. The molecule has 3 rings (SSSR count). The highest BCUT2D eigenvalue weighted by Gasteiger charge is 2.19. The van der Waals surface area contributed by atoms with Crippen LogP contribution in [0.1, 0.15) is 5.82 Å². The third-order valence-electron chi connectivity index (χ3n) is 2.62. The van der Waals surface area contributed by atoms with E-state index >= 15 is 0 Å². The lowest BCUT2D eigenvalue weighted by atomic mass is 10.4. The molecule has 0 radical (unpaired) electrons. The Bertz CT molecular complexity index is 797. The highest BCUT2D eigenvalue weighted by Crippen LogP contribution is 2.21. The summed E-state index contributed by atoms with van der Waals surface area (Å²) >= 11 is 0. The molecule has 0 aromatic carbocycles. The van der Waals surface area contributed by atoms with Crippen LogP contribution >= 0.6 is 0 Å². The second-order valence-corrected chi connectivity index (χ2v) is 4.16. The Morgan fingerprint density at radius 2 is 2.24 bits per heavy atom. The molecule has 3 heterocycles. The molecule has 0 bridgehead atoms. The van der Waals surface area contributed by atoms with Crippen LogP contribution in [0.15, 0.2) is 28.9 Å². The van der Waals surface area contributed by atoms with Crippen molar-refractivity contribution in [1.82, 2.24) is 19.6 Å². The normalized spacial score (nSPS) is 11.2. The van der Waals surface area contributed by atoms with Gasteiger partial charge >= 0.3 is 6.43 Å². The van der Waals surface area contributed by atoms with Gasteiger partial charge in [0, 0.05) is 6.07 Å². The summed E-state index contributed by atoms with van der Waals surface area (Å²) in [7, 11) is 0. The molecule has 108 valence electrons. The maximum atomic E-state index is 12.3. The molecule has 7 nitrogen and oxygen atoms in total. The quantitative estimate of drug-likeness (QED) is 0.797. The summed E-state index contributed by atoms with van der Waals surface area (Å²) in [5, 5.41) is 6.17. The summed E-state index contributed by atoms with van der Waals surface area (Å²) in [6.07, 6.45) is -1.69. The topological polar surface area (TPSA) is 85.3 Å². The monoisotopic (exact) mass is 293 g/mol. The number of aromatic nitrogens is 4. The summed E-state index contributed by atoms with van der Waals surface area (Å²) in [5.41, 5.74) is 0.360. The van der Waals surface area contributed by atoms with Crippen molar-refractivity contribution in [3.05, 3.63) is 30.3 Å². The number of amides is 1. The number of rotatable bonds is 3. The number of anilines is 1. The number of aryl methyl sites for hydroxylation is 1. The summed E-state index contributed by atoms with van der Waals surface area (Å²) in [4.78, 5) is 19.3. The fourth-order valence-electron chi connectivity index (χ4n) is 1.81. The number of halogens is 2. The first-order valence-corrected chi connectivity index (χ1v) is 5.92. The maximum absolute atomic E-state index is 12.3. The fourth-order valence-corrected chi connectivity index (χ4v) is 1.81. The van der Waals surface area contributed by atoms with E-state index in [1.54, 1.807) is 19.1 Å². The standard InChI is InChI=1S/C12H9F2N5O2/c1-6-15-9-5-8(17-12(20)10(13)14)16-11(19(9)18-6)7-3-2-4-21-7/h2-5,10H,1H3,(H,17,20). The second kappa shape index (κ2) is 4.93. The third kappa shape index (κ3) is 2.45. The predicted molar refractivity (Wildman–Crippen MR) is 67.9 cm³/mol. The van der Waals surface area contributed by atoms with E-state index in [0.717, 1.165) is 0 Å². The molecular formula is C12H9F2N5O2. The zero-order valence-electron chi connectivity index (χ0n) is 10.7. The van der Waals surface area contributed by atoms with Gasteiger partial charge in [0.25, 0.3) is 5.91 Å². The van der Waals surface area contributed by atoms with Crippen molar-refractivity contribution < 1.29 is 18.0 Å².